The summed E-state index contributed by atoms with van der Waals surface area (Å²) in [5.41, 5.74) is 3.93. The number of nitrogens with one attached hydrogen (secondary N) is 1. The number of amides is 2. The van der Waals surface area contributed by atoms with Crippen LogP contribution in [-0.4, -0.2) is 25.4 Å². The molecule has 0 saturated carbocycles. The quantitative estimate of drug-likeness (QED) is 0.703. The van der Waals surface area contributed by atoms with Crippen molar-refractivity contribution in [2.75, 3.05) is 18.5 Å². The first-order valence-corrected chi connectivity index (χ1v) is 9.32. The van der Waals surface area contributed by atoms with Crippen LogP contribution in [0.2, 0.25) is 0 Å². The third-order valence-electron chi connectivity index (χ3n) is 4.66. The minimum atomic E-state index is -0.185. The molecule has 4 nitrogen and oxygen atoms in total. The van der Waals surface area contributed by atoms with Gasteiger partial charge >= 0.3 is 0 Å². The van der Waals surface area contributed by atoms with Crippen LogP contribution in [0, 0.1) is 6.92 Å². The second-order valence-corrected chi connectivity index (χ2v) is 6.74. The molecule has 0 radical (unpaired) electrons. The van der Waals surface area contributed by atoms with Crippen LogP contribution in [-0.2, 0) is 6.42 Å². The highest BCUT2D eigenvalue weighted by Gasteiger charge is 2.19. The van der Waals surface area contributed by atoms with E-state index in [1.165, 1.54) is 10.5 Å². The molecule has 0 aliphatic carbocycles. The van der Waals surface area contributed by atoms with Crippen molar-refractivity contribution < 1.29 is 9.59 Å². The normalized spacial score (nSPS) is 10.4. The van der Waals surface area contributed by atoms with Gasteiger partial charge in [0.1, 0.15) is 0 Å². The first-order valence-electron chi connectivity index (χ1n) is 9.32. The molecule has 0 heterocycles. The van der Waals surface area contributed by atoms with Crippen molar-refractivity contribution in [3.8, 4) is 0 Å². The molecular formula is C24H24N2O2. The van der Waals surface area contributed by atoms with Crippen molar-refractivity contribution >= 4 is 17.5 Å². The van der Waals surface area contributed by atoms with E-state index in [0.717, 1.165) is 12.0 Å². The number of para-hydroxylation sites is 1. The van der Waals surface area contributed by atoms with Gasteiger partial charge in [-0.05, 0) is 43.2 Å². The van der Waals surface area contributed by atoms with E-state index in [4.69, 9.17) is 0 Å². The molecule has 1 N–H and O–H groups in total. The Hall–Kier alpha value is -3.40. The van der Waals surface area contributed by atoms with Gasteiger partial charge in [-0.15, -0.1) is 0 Å². The van der Waals surface area contributed by atoms with Crippen molar-refractivity contribution in [2.45, 2.75) is 13.3 Å². The van der Waals surface area contributed by atoms with Gasteiger partial charge in [-0.3, -0.25) is 9.59 Å². The van der Waals surface area contributed by atoms with Crippen LogP contribution in [0.25, 0.3) is 0 Å². The fraction of sp³-hybridized carbons (Fsp3) is 0.167. The van der Waals surface area contributed by atoms with Gasteiger partial charge in [-0.1, -0.05) is 60.2 Å². The number of hydrogen-bond donors (Lipinski definition) is 1. The first-order chi connectivity index (χ1) is 13.6. The summed E-state index contributed by atoms with van der Waals surface area (Å²) >= 11 is 0. The monoisotopic (exact) mass is 372 g/mol. The van der Waals surface area contributed by atoms with E-state index >= 15 is 0 Å². The van der Waals surface area contributed by atoms with Crippen LogP contribution in [0.3, 0.4) is 0 Å². The lowest BCUT2D eigenvalue weighted by atomic mass is 10.1. The summed E-state index contributed by atoms with van der Waals surface area (Å²) in [6, 6.07) is 24.6. The molecule has 3 aromatic carbocycles. The smallest absolute Gasteiger partial charge is 0.258 e. The summed E-state index contributed by atoms with van der Waals surface area (Å²) in [4.78, 5) is 27.1. The number of carbonyl (C=O) groups is 2. The van der Waals surface area contributed by atoms with Gasteiger partial charge in [-0.2, -0.15) is 0 Å². The number of rotatable bonds is 6. The molecule has 3 rings (SSSR count). The Labute approximate surface area is 165 Å². The Morgan fingerprint density at radius 2 is 1.50 bits per heavy atom. The Balaban J connectivity index is 1.71. The Kier molecular flexibility index (Phi) is 6.22. The molecule has 0 aliphatic heterocycles. The summed E-state index contributed by atoms with van der Waals surface area (Å²) in [5.74, 6) is -0.334. The van der Waals surface area contributed by atoms with E-state index in [9.17, 15) is 9.59 Å². The number of anilines is 1. The van der Waals surface area contributed by atoms with Crippen LogP contribution >= 0.6 is 0 Å². The zero-order chi connectivity index (χ0) is 19.9. The maximum atomic E-state index is 12.8. The predicted octanol–water partition coefficient (Wildman–Crippen LogP) is 4.24. The van der Waals surface area contributed by atoms with Crippen LogP contribution in [0.1, 0.15) is 31.8 Å². The fourth-order valence-electron chi connectivity index (χ4n) is 3.02. The standard InChI is InChI=1S/C24H24N2O2/c1-18-12-14-20(15-13-18)24(28)26(2)22-11-7-6-10-21(22)23(27)25-17-16-19-8-4-3-5-9-19/h3-15H,16-17H2,1-2H3,(H,25,27). The van der Waals surface area contributed by atoms with Gasteiger partial charge in [-0.25, -0.2) is 0 Å². The molecule has 0 atom stereocenters. The molecule has 4 heteroatoms. The number of hydrogen-bond acceptors (Lipinski definition) is 2. The molecular weight excluding hydrogens is 348 g/mol. The lowest BCUT2D eigenvalue weighted by Gasteiger charge is -2.20. The lowest BCUT2D eigenvalue weighted by molar-refractivity contribution is 0.0954. The number of nitrogens with zero attached hydrogens (tertiary/aromatic N) is 1. The lowest BCUT2D eigenvalue weighted by Crippen LogP contribution is -2.31. The molecule has 142 valence electrons. The van der Waals surface area contributed by atoms with Gasteiger partial charge < -0.3 is 10.2 Å². The second-order valence-electron chi connectivity index (χ2n) is 6.74. The summed E-state index contributed by atoms with van der Waals surface area (Å²) in [6.45, 7) is 2.51. The third kappa shape index (κ3) is 4.65. The number of aryl methyl sites for hydroxylation is 1. The van der Waals surface area contributed by atoms with Crippen molar-refractivity contribution in [2.24, 2.45) is 0 Å². The SMILES string of the molecule is Cc1ccc(C(=O)N(C)c2ccccc2C(=O)NCCc2ccccc2)cc1. The average molecular weight is 372 g/mol. The van der Waals surface area contributed by atoms with E-state index in [1.807, 2.05) is 55.5 Å². The Morgan fingerprint density at radius 1 is 0.857 bits per heavy atom. The highest BCUT2D eigenvalue weighted by atomic mass is 16.2. The number of benzene rings is 3. The first kappa shape index (κ1) is 19.4. The van der Waals surface area contributed by atoms with Crippen LogP contribution < -0.4 is 10.2 Å². The summed E-state index contributed by atoms with van der Waals surface area (Å²) < 4.78 is 0. The Bertz CT molecular complexity index is 950. The van der Waals surface area contributed by atoms with E-state index in [-0.39, 0.29) is 11.8 Å². The van der Waals surface area contributed by atoms with Gasteiger partial charge in [0.25, 0.3) is 11.8 Å². The second kappa shape index (κ2) is 9.00. The van der Waals surface area contributed by atoms with Gasteiger partial charge in [0.2, 0.25) is 0 Å². The zero-order valence-corrected chi connectivity index (χ0v) is 16.2. The minimum absolute atomic E-state index is 0.149. The number of carbonyl (C=O) groups excluding carboxylic acids is 2. The summed E-state index contributed by atoms with van der Waals surface area (Å²) in [6.07, 6.45) is 0.757. The topological polar surface area (TPSA) is 49.4 Å². The molecule has 0 aromatic heterocycles. The maximum Gasteiger partial charge on any atom is 0.258 e. The molecule has 28 heavy (non-hydrogen) atoms. The molecule has 0 bridgehead atoms. The van der Waals surface area contributed by atoms with E-state index in [2.05, 4.69) is 5.32 Å². The van der Waals surface area contributed by atoms with Crippen molar-refractivity contribution in [1.82, 2.24) is 5.32 Å². The van der Waals surface area contributed by atoms with Crippen LogP contribution in [0.4, 0.5) is 5.69 Å². The van der Waals surface area contributed by atoms with Gasteiger partial charge in [0, 0.05) is 19.2 Å². The van der Waals surface area contributed by atoms with E-state index < -0.39 is 0 Å². The average Bonchev–Trinajstić information content (AvgIpc) is 2.74. The predicted molar refractivity (Wildman–Crippen MR) is 113 cm³/mol. The molecule has 0 spiro atoms. The summed E-state index contributed by atoms with van der Waals surface area (Å²) in [5, 5.41) is 2.95. The van der Waals surface area contributed by atoms with Gasteiger partial charge in [0.05, 0.1) is 11.3 Å². The highest BCUT2D eigenvalue weighted by Crippen LogP contribution is 2.21. The van der Waals surface area contributed by atoms with E-state index in [0.29, 0.717) is 23.4 Å². The molecule has 0 fully saturated rings. The van der Waals surface area contributed by atoms with Gasteiger partial charge in [0.15, 0.2) is 0 Å². The highest BCUT2D eigenvalue weighted by molar-refractivity contribution is 6.10. The maximum absolute atomic E-state index is 12.8. The molecule has 2 amide bonds. The Morgan fingerprint density at radius 3 is 2.21 bits per heavy atom. The molecule has 0 aliphatic rings. The zero-order valence-electron chi connectivity index (χ0n) is 16.2. The largest absolute Gasteiger partial charge is 0.352 e. The molecule has 0 saturated heterocycles. The van der Waals surface area contributed by atoms with Crippen molar-refractivity contribution in [1.29, 1.82) is 0 Å². The van der Waals surface area contributed by atoms with Crippen molar-refractivity contribution in [3.05, 3.63) is 101 Å². The van der Waals surface area contributed by atoms with Crippen LogP contribution in [0.15, 0.2) is 78.9 Å². The minimum Gasteiger partial charge on any atom is -0.352 e. The van der Waals surface area contributed by atoms with Crippen LogP contribution in [0.5, 0.6) is 0 Å². The summed E-state index contributed by atoms with van der Waals surface area (Å²) in [7, 11) is 1.69. The molecule has 0 unspecified atom stereocenters. The fourth-order valence-corrected chi connectivity index (χ4v) is 3.02. The molecule has 3 aromatic rings. The van der Waals surface area contributed by atoms with E-state index in [1.54, 1.807) is 37.4 Å². The third-order valence-corrected chi connectivity index (χ3v) is 4.66. The van der Waals surface area contributed by atoms with Crippen molar-refractivity contribution in [3.63, 3.8) is 0 Å².